The summed E-state index contributed by atoms with van der Waals surface area (Å²) < 4.78 is 0. The SMILES string of the molecule is C=CCC(C)NCc1ccc(Cl)c([N+](=O)[O-])c1. The third-order valence-corrected chi connectivity index (χ3v) is 2.70. The predicted octanol–water partition coefficient (Wildman–Crippen LogP) is 3.30. The number of hydrogen-bond donors (Lipinski definition) is 1. The number of hydrogen-bond acceptors (Lipinski definition) is 3. The average molecular weight is 255 g/mol. The standard InChI is InChI=1S/C12H15ClN2O2/c1-3-4-9(2)14-8-10-5-6-11(13)12(7-10)15(16)17/h3,5-7,9,14H,1,4,8H2,2H3. The first-order chi connectivity index (χ1) is 8.04. The van der Waals surface area contributed by atoms with Gasteiger partial charge in [-0.15, -0.1) is 6.58 Å². The van der Waals surface area contributed by atoms with Crippen LogP contribution >= 0.6 is 11.6 Å². The van der Waals surface area contributed by atoms with Gasteiger partial charge < -0.3 is 5.32 Å². The topological polar surface area (TPSA) is 55.2 Å². The van der Waals surface area contributed by atoms with Gasteiger partial charge >= 0.3 is 0 Å². The molecule has 17 heavy (non-hydrogen) atoms. The number of halogens is 1. The quantitative estimate of drug-likeness (QED) is 0.481. The average Bonchev–Trinajstić information content (AvgIpc) is 2.28. The van der Waals surface area contributed by atoms with Crippen molar-refractivity contribution >= 4 is 17.3 Å². The van der Waals surface area contributed by atoms with Gasteiger partial charge in [0, 0.05) is 18.7 Å². The van der Waals surface area contributed by atoms with Crippen LogP contribution in [0.2, 0.25) is 5.02 Å². The molecule has 1 aromatic rings. The van der Waals surface area contributed by atoms with E-state index < -0.39 is 4.92 Å². The maximum atomic E-state index is 10.7. The Bertz CT molecular complexity index is 421. The number of nitrogens with zero attached hydrogens (tertiary/aromatic N) is 1. The molecule has 1 N–H and O–H groups in total. The van der Waals surface area contributed by atoms with Crippen molar-refractivity contribution in [3.63, 3.8) is 0 Å². The minimum absolute atomic E-state index is 0.0534. The highest BCUT2D eigenvalue weighted by molar-refractivity contribution is 6.32. The summed E-state index contributed by atoms with van der Waals surface area (Å²) in [4.78, 5) is 10.2. The molecule has 0 fully saturated rings. The third kappa shape index (κ3) is 4.17. The second-order valence-corrected chi connectivity index (χ2v) is 4.26. The number of nitro groups is 1. The Labute approximate surface area is 105 Å². The van der Waals surface area contributed by atoms with Crippen molar-refractivity contribution in [3.05, 3.63) is 51.6 Å². The zero-order valence-electron chi connectivity index (χ0n) is 9.65. The molecule has 0 aliphatic heterocycles. The third-order valence-electron chi connectivity index (χ3n) is 2.38. The minimum atomic E-state index is -0.473. The van der Waals surface area contributed by atoms with Crippen molar-refractivity contribution in [2.75, 3.05) is 0 Å². The summed E-state index contributed by atoms with van der Waals surface area (Å²) in [6.45, 7) is 6.27. The molecular weight excluding hydrogens is 240 g/mol. The molecule has 1 aromatic carbocycles. The van der Waals surface area contributed by atoms with Gasteiger partial charge in [-0.25, -0.2) is 0 Å². The minimum Gasteiger partial charge on any atom is -0.310 e. The predicted molar refractivity (Wildman–Crippen MR) is 69.2 cm³/mol. The highest BCUT2D eigenvalue weighted by Gasteiger charge is 2.12. The summed E-state index contributed by atoms with van der Waals surface area (Å²) in [7, 11) is 0. The van der Waals surface area contributed by atoms with E-state index >= 15 is 0 Å². The molecular formula is C12H15ClN2O2. The van der Waals surface area contributed by atoms with Crippen LogP contribution in [0.4, 0.5) is 5.69 Å². The lowest BCUT2D eigenvalue weighted by molar-refractivity contribution is -0.384. The largest absolute Gasteiger partial charge is 0.310 e. The molecule has 0 aliphatic carbocycles. The molecule has 5 heteroatoms. The van der Waals surface area contributed by atoms with Crippen LogP contribution in [0.3, 0.4) is 0 Å². The smallest absolute Gasteiger partial charge is 0.288 e. The van der Waals surface area contributed by atoms with E-state index in [9.17, 15) is 10.1 Å². The first-order valence-electron chi connectivity index (χ1n) is 5.31. The highest BCUT2D eigenvalue weighted by Crippen LogP contribution is 2.24. The fourth-order valence-electron chi connectivity index (χ4n) is 1.43. The molecule has 0 radical (unpaired) electrons. The first-order valence-corrected chi connectivity index (χ1v) is 5.69. The van der Waals surface area contributed by atoms with Gasteiger partial charge in [0.15, 0.2) is 0 Å². The molecule has 0 heterocycles. The van der Waals surface area contributed by atoms with Crippen LogP contribution in [0.15, 0.2) is 30.9 Å². The van der Waals surface area contributed by atoms with E-state index in [1.54, 1.807) is 12.1 Å². The zero-order chi connectivity index (χ0) is 12.8. The Morgan fingerprint density at radius 3 is 2.94 bits per heavy atom. The number of nitrogens with one attached hydrogen (secondary N) is 1. The van der Waals surface area contributed by atoms with Gasteiger partial charge in [0.2, 0.25) is 0 Å². The van der Waals surface area contributed by atoms with Gasteiger partial charge in [0.05, 0.1) is 4.92 Å². The molecule has 4 nitrogen and oxygen atoms in total. The molecule has 1 unspecified atom stereocenters. The van der Waals surface area contributed by atoms with Crippen LogP contribution in [0.25, 0.3) is 0 Å². The lowest BCUT2D eigenvalue weighted by Crippen LogP contribution is -2.24. The van der Waals surface area contributed by atoms with Crippen LogP contribution in [0.5, 0.6) is 0 Å². The van der Waals surface area contributed by atoms with Crippen LogP contribution in [0, 0.1) is 10.1 Å². The Morgan fingerprint density at radius 1 is 1.65 bits per heavy atom. The van der Waals surface area contributed by atoms with Crippen LogP contribution in [0.1, 0.15) is 18.9 Å². The summed E-state index contributed by atoms with van der Waals surface area (Å²) >= 11 is 5.73. The van der Waals surface area contributed by atoms with E-state index in [2.05, 4.69) is 11.9 Å². The van der Waals surface area contributed by atoms with Gasteiger partial charge in [0.25, 0.3) is 5.69 Å². The zero-order valence-corrected chi connectivity index (χ0v) is 10.4. The Kier molecular flexibility index (Phi) is 5.12. The lowest BCUT2D eigenvalue weighted by Gasteiger charge is -2.11. The van der Waals surface area contributed by atoms with E-state index in [4.69, 9.17) is 11.6 Å². The van der Waals surface area contributed by atoms with Crippen molar-refractivity contribution in [1.82, 2.24) is 5.32 Å². The van der Waals surface area contributed by atoms with Crippen LogP contribution < -0.4 is 5.32 Å². The summed E-state index contributed by atoms with van der Waals surface area (Å²) in [5.41, 5.74) is 0.791. The molecule has 0 amide bonds. The molecule has 92 valence electrons. The van der Waals surface area contributed by atoms with Crippen molar-refractivity contribution < 1.29 is 4.92 Å². The number of benzene rings is 1. The summed E-state index contributed by atoms with van der Waals surface area (Å²) in [6, 6.07) is 5.12. The molecule has 0 saturated heterocycles. The summed E-state index contributed by atoms with van der Waals surface area (Å²) in [5, 5.41) is 14.1. The fourth-order valence-corrected chi connectivity index (χ4v) is 1.62. The van der Waals surface area contributed by atoms with E-state index in [0.29, 0.717) is 12.6 Å². The molecule has 0 spiro atoms. The fraction of sp³-hybridized carbons (Fsp3) is 0.333. The van der Waals surface area contributed by atoms with Gasteiger partial charge in [-0.3, -0.25) is 10.1 Å². The molecule has 0 aliphatic rings. The monoisotopic (exact) mass is 254 g/mol. The van der Waals surface area contributed by atoms with Crippen LogP contribution in [-0.4, -0.2) is 11.0 Å². The van der Waals surface area contributed by atoms with E-state index in [-0.39, 0.29) is 10.7 Å². The number of nitro benzene ring substituents is 1. The van der Waals surface area contributed by atoms with Gasteiger partial charge in [0.1, 0.15) is 5.02 Å². The summed E-state index contributed by atoms with van der Waals surface area (Å²) in [5.74, 6) is 0. The molecule has 1 atom stereocenters. The van der Waals surface area contributed by atoms with Gasteiger partial charge in [-0.2, -0.15) is 0 Å². The molecule has 0 bridgehead atoms. The maximum Gasteiger partial charge on any atom is 0.288 e. The normalized spacial score (nSPS) is 12.1. The Morgan fingerprint density at radius 2 is 2.35 bits per heavy atom. The Balaban J connectivity index is 2.69. The lowest BCUT2D eigenvalue weighted by atomic mass is 10.1. The first kappa shape index (κ1) is 13.7. The van der Waals surface area contributed by atoms with Gasteiger partial charge in [-0.05, 0) is 25.0 Å². The van der Waals surface area contributed by atoms with Gasteiger partial charge in [-0.1, -0.05) is 23.7 Å². The van der Waals surface area contributed by atoms with Crippen molar-refractivity contribution in [3.8, 4) is 0 Å². The van der Waals surface area contributed by atoms with E-state index in [1.165, 1.54) is 6.07 Å². The Hall–Kier alpha value is -1.39. The van der Waals surface area contributed by atoms with E-state index in [1.807, 2.05) is 13.0 Å². The van der Waals surface area contributed by atoms with Crippen molar-refractivity contribution in [1.29, 1.82) is 0 Å². The molecule has 1 rings (SSSR count). The summed E-state index contributed by atoms with van der Waals surface area (Å²) in [6.07, 6.45) is 2.69. The molecule has 0 aromatic heterocycles. The van der Waals surface area contributed by atoms with Crippen molar-refractivity contribution in [2.45, 2.75) is 25.9 Å². The second kappa shape index (κ2) is 6.37. The maximum absolute atomic E-state index is 10.7. The van der Waals surface area contributed by atoms with Crippen LogP contribution in [-0.2, 0) is 6.54 Å². The number of rotatable bonds is 6. The van der Waals surface area contributed by atoms with Crippen molar-refractivity contribution in [2.24, 2.45) is 0 Å². The second-order valence-electron chi connectivity index (χ2n) is 3.85. The van der Waals surface area contributed by atoms with E-state index in [0.717, 1.165) is 12.0 Å². The highest BCUT2D eigenvalue weighted by atomic mass is 35.5. The molecule has 0 saturated carbocycles.